The number of primary amides is 1. The lowest BCUT2D eigenvalue weighted by Crippen LogP contribution is -2.13. The zero-order valence-electron chi connectivity index (χ0n) is 9.29. The third-order valence-corrected chi connectivity index (χ3v) is 4.01. The molecule has 0 saturated carbocycles. The van der Waals surface area contributed by atoms with Crippen LogP contribution in [-0.4, -0.2) is 16.6 Å². The lowest BCUT2D eigenvalue weighted by molar-refractivity contribution is -0.115. The van der Waals surface area contributed by atoms with E-state index in [1.807, 2.05) is 17.5 Å². The van der Waals surface area contributed by atoms with Crippen LogP contribution in [0.2, 0.25) is 0 Å². The van der Waals surface area contributed by atoms with Crippen molar-refractivity contribution in [2.45, 2.75) is 5.03 Å². The van der Waals surface area contributed by atoms with Crippen molar-refractivity contribution in [1.29, 1.82) is 5.26 Å². The van der Waals surface area contributed by atoms with Crippen molar-refractivity contribution in [2.24, 2.45) is 5.73 Å². The van der Waals surface area contributed by atoms with E-state index >= 15 is 0 Å². The summed E-state index contributed by atoms with van der Waals surface area (Å²) in [5.74, 6) is -0.303. The molecule has 2 heterocycles. The molecule has 0 saturated heterocycles. The number of nitrogens with zero attached hydrogens (tertiary/aromatic N) is 2. The van der Waals surface area contributed by atoms with E-state index in [9.17, 15) is 4.79 Å². The molecule has 18 heavy (non-hydrogen) atoms. The summed E-state index contributed by atoms with van der Waals surface area (Å²) in [6.07, 6.45) is 0. The van der Waals surface area contributed by atoms with E-state index < -0.39 is 5.91 Å². The molecule has 0 aliphatic heterocycles. The monoisotopic (exact) mass is 275 g/mol. The van der Waals surface area contributed by atoms with Crippen molar-refractivity contribution >= 4 is 29.0 Å². The molecule has 0 fully saturated rings. The van der Waals surface area contributed by atoms with Gasteiger partial charge in [0.1, 0.15) is 11.1 Å². The number of thiophene rings is 1. The summed E-state index contributed by atoms with van der Waals surface area (Å²) in [5.41, 5.74) is 6.36. The van der Waals surface area contributed by atoms with E-state index in [0.29, 0.717) is 10.6 Å². The Morgan fingerprint density at radius 1 is 1.50 bits per heavy atom. The van der Waals surface area contributed by atoms with E-state index in [-0.39, 0.29) is 5.75 Å². The SMILES string of the molecule is N#Cc1ccc(-c2cccs2)nc1SCC(N)=O. The number of hydrogen-bond acceptors (Lipinski definition) is 5. The van der Waals surface area contributed by atoms with Crippen LogP contribution in [0, 0.1) is 11.3 Å². The van der Waals surface area contributed by atoms with Crippen LogP contribution in [0.3, 0.4) is 0 Å². The first-order valence-electron chi connectivity index (χ1n) is 5.07. The van der Waals surface area contributed by atoms with Crippen molar-refractivity contribution < 1.29 is 4.79 Å². The zero-order valence-corrected chi connectivity index (χ0v) is 10.9. The van der Waals surface area contributed by atoms with Crippen LogP contribution in [-0.2, 0) is 4.79 Å². The van der Waals surface area contributed by atoms with Crippen LogP contribution in [0.15, 0.2) is 34.7 Å². The molecular formula is C12H9N3OS2. The van der Waals surface area contributed by atoms with Crippen LogP contribution >= 0.6 is 23.1 Å². The normalized spacial score (nSPS) is 9.94. The number of aromatic nitrogens is 1. The number of amides is 1. The summed E-state index contributed by atoms with van der Waals surface area (Å²) in [7, 11) is 0. The Hall–Kier alpha value is -1.84. The average Bonchev–Trinajstić information content (AvgIpc) is 2.89. The molecule has 0 unspecified atom stereocenters. The van der Waals surface area contributed by atoms with Gasteiger partial charge in [0.25, 0.3) is 0 Å². The van der Waals surface area contributed by atoms with E-state index in [2.05, 4.69) is 11.1 Å². The standard InChI is InChI=1S/C12H9N3OS2/c13-6-8-3-4-9(10-2-1-5-17-10)15-12(8)18-7-11(14)16/h1-5H,7H2,(H2,14,16). The number of nitriles is 1. The fourth-order valence-corrected chi connectivity index (χ4v) is 2.74. The highest BCUT2D eigenvalue weighted by Crippen LogP contribution is 2.27. The minimum atomic E-state index is -0.424. The maximum Gasteiger partial charge on any atom is 0.227 e. The lowest BCUT2D eigenvalue weighted by Gasteiger charge is -2.04. The molecule has 2 aromatic heterocycles. The van der Waals surface area contributed by atoms with Gasteiger partial charge >= 0.3 is 0 Å². The molecule has 4 nitrogen and oxygen atoms in total. The number of hydrogen-bond donors (Lipinski definition) is 1. The topological polar surface area (TPSA) is 79.8 Å². The average molecular weight is 275 g/mol. The molecule has 2 rings (SSSR count). The molecule has 0 aliphatic carbocycles. The Kier molecular flexibility index (Phi) is 3.97. The Labute approximate surface area is 112 Å². The van der Waals surface area contributed by atoms with Gasteiger partial charge in [0, 0.05) is 0 Å². The number of rotatable bonds is 4. The van der Waals surface area contributed by atoms with E-state index in [0.717, 1.165) is 10.6 Å². The molecule has 90 valence electrons. The zero-order chi connectivity index (χ0) is 13.0. The number of pyridine rings is 1. The van der Waals surface area contributed by atoms with Crippen LogP contribution in [0.5, 0.6) is 0 Å². The second-order valence-electron chi connectivity index (χ2n) is 3.39. The van der Waals surface area contributed by atoms with Crippen LogP contribution in [0.1, 0.15) is 5.56 Å². The van der Waals surface area contributed by atoms with Gasteiger partial charge in [-0.2, -0.15) is 5.26 Å². The molecule has 1 amide bonds. The second-order valence-corrected chi connectivity index (χ2v) is 5.31. The second kappa shape index (κ2) is 5.67. The summed E-state index contributed by atoms with van der Waals surface area (Å²) >= 11 is 2.76. The maximum atomic E-state index is 10.8. The summed E-state index contributed by atoms with van der Waals surface area (Å²) in [4.78, 5) is 16.2. The molecule has 6 heteroatoms. The summed E-state index contributed by atoms with van der Waals surface area (Å²) in [6, 6.07) is 9.48. The Morgan fingerprint density at radius 3 is 2.94 bits per heavy atom. The van der Waals surface area contributed by atoms with Crippen molar-refractivity contribution in [1.82, 2.24) is 4.98 Å². The van der Waals surface area contributed by atoms with E-state index in [1.165, 1.54) is 11.8 Å². The first kappa shape index (κ1) is 12.6. The molecule has 2 aromatic rings. The lowest BCUT2D eigenvalue weighted by atomic mass is 10.2. The predicted molar refractivity (Wildman–Crippen MR) is 72.2 cm³/mol. The number of carbonyl (C=O) groups excluding carboxylic acids is 1. The molecular weight excluding hydrogens is 266 g/mol. The number of nitrogens with two attached hydrogens (primary N) is 1. The fourth-order valence-electron chi connectivity index (χ4n) is 1.34. The van der Waals surface area contributed by atoms with Gasteiger partial charge in [-0.25, -0.2) is 4.98 Å². The van der Waals surface area contributed by atoms with Crippen LogP contribution < -0.4 is 5.73 Å². The maximum absolute atomic E-state index is 10.8. The highest BCUT2D eigenvalue weighted by molar-refractivity contribution is 8.00. The van der Waals surface area contributed by atoms with Crippen LogP contribution in [0.4, 0.5) is 0 Å². The highest BCUT2D eigenvalue weighted by Gasteiger charge is 2.09. The summed E-state index contributed by atoms with van der Waals surface area (Å²) < 4.78 is 0. The Bertz CT molecular complexity index is 602. The first-order chi connectivity index (χ1) is 8.70. The molecule has 0 atom stereocenters. The van der Waals surface area contributed by atoms with Gasteiger partial charge in [-0.3, -0.25) is 4.79 Å². The Morgan fingerprint density at radius 2 is 2.33 bits per heavy atom. The van der Waals surface area contributed by atoms with Crippen molar-refractivity contribution in [3.05, 3.63) is 35.2 Å². The number of thioether (sulfide) groups is 1. The van der Waals surface area contributed by atoms with Crippen molar-refractivity contribution in [3.63, 3.8) is 0 Å². The minimum absolute atomic E-state index is 0.121. The Balaban J connectivity index is 2.34. The summed E-state index contributed by atoms with van der Waals surface area (Å²) in [6.45, 7) is 0. The molecule has 0 radical (unpaired) electrons. The predicted octanol–water partition coefficient (Wildman–Crippen LogP) is 2.26. The molecule has 0 aromatic carbocycles. The molecule has 0 aliphatic rings. The smallest absolute Gasteiger partial charge is 0.227 e. The van der Waals surface area contributed by atoms with Gasteiger partial charge in [0.15, 0.2) is 0 Å². The van der Waals surface area contributed by atoms with Crippen molar-refractivity contribution in [3.8, 4) is 16.6 Å². The van der Waals surface area contributed by atoms with Gasteiger partial charge in [-0.1, -0.05) is 17.8 Å². The quantitative estimate of drug-likeness (QED) is 0.868. The van der Waals surface area contributed by atoms with Gasteiger partial charge < -0.3 is 5.73 Å². The highest BCUT2D eigenvalue weighted by atomic mass is 32.2. The van der Waals surface area contributed by atoms with E-state index in [1.54, 1.807) is 23.5 Å². The third-order valence-electron chi connectivity index (χ3n) is 2.11. The van der Waals surface area contributed by atoms with Gasteiger partial charge in [-0.05, 0) is 23.6 Å². The van der Waals surface area contributed by atoms with Crippen molar-refractivity contribution in [2.75, 3.05) is 5.75 Å². The third kappa shape index (κ3) is 2.88. The molecule has 0 bridgehead atoms. The number of carbonyl (C=O) groups is 1. The molecule has 2 N–H and O–H groups in total. The minimum Gasteiger partial charge on any atom is -0.369 e. The fraction of sp³-hybridized carbons (Fsp3) is 0.0833. The van der Waals surface area contributed by atoms with Gasteiger partial charge in [0.05, 0.1) is 21.9 Å². The van der Waals surface area contributed by atoms with Gasteiger partial charge in [0.2, 0.25) is 5.91 Å². The largest absolute Gasteiger partial charge is 0.369 e. The first-order valence-corrected chi connectivity index (χ1v) is 6.93. The molecule has 0 spiro atoms. The van der Waals surface area contributed by atoms with E-state index in [4.69, 9.17) is 11.0 Å². The summed E-state index contributed by atoms with van der Waals surface area (Å²) in [5, 5.41) is 11.5. The van der Waals surface area contributed by atoms with Crippen LogP contribution in [0.25, 0.3) is 10.6 Å². The van der Waals surface area contributed by atoms with Gasteiger partial charge in [-0.15, -0.1) is 11.3 Å².